The topological polar surface area (TPSA) is 78.0 Å². The summed E-state index contributed by atoms with van der Waals surface area (Å²) in [5.74, 6) is 0.832. The molecule has 0 atom stereocenters. The molecule has 3 aliphatic heterocycles. The molecule has 3 heterocycles. The molecule has 0 aromatic heterocycles. The van der Waals surface area contributed by atoms with Crippen LogP contribution in [-0.2, 0) is 26.2 Å². The van der Waals surface area contributed by atoms with Crippen molar-refractivity contribution >= 4 is 43.2 Å². The van der Waals surface area contributed by atoms with Gasteiger partial charge < -0.3 is 4.90 Å². The fraction of sp³-hybridized carbons (Fsp3) is 0.769. The quantitative estimate of drug-likeness (QED) is 0.325. The Hall–Kier alpha value is -0.630. The molecule has 1 aromatic carbocycles. The van der Waals surface area contributed by atoms with Gasteiger partial charge in [0.15, 0.2) is 0 Å². The fourth-order valence-electron chi connectivity index (χ4n) is 6.07. The third-order valence-electron chi connectivity index (χ3n) is 8.53. The van der Waals surface area contributed by atoms with E-state index in [0.29, 0.717) is 56.8 Å². The molecule has 0 aliphatic carbocycles. The first-order valence-electron chi connectivity index (χ1n) is 14.0. The number of halogens is 5. The van der Waals surface area contributed by atoms with Crippen molar-refractivity contribution in [2.45, 2.75) is 68.9 Å². The largest absolute Gasteiger partial charge is 0.416 e. The Bertz CT molecular complexity index is 1200. The van der Waals surface area contributed by atoms with Gasteiger partial charge in [-0.25, -0.2) is 21.1 Å². The van der Waals surface area contributed by atoms with Gasteiger partial charge in [0.05, 0.1) is 21.4 Å². The zero-order valence-electron chi connectivity index (χ0n) is 22.5. The Balaban J connectivity index is 1.21. The van der Waals surface area contributed by atoms with Crippen molar-refractivity contribution in [2.75, 3.05) is 51.6 Å². The molecule has 7 nitrogen and oxygen atoms in total. The second-order valence-corrected chi connectivity index (χ2v) is 16.0. The number of hydrogen-bond acceptors (Lipinski definition) is 5. The zero-order valence-corrected chi connectivity index (χ0v) is 25.7. The SMILES string of the molecule is O=S(=O)(CCCC1CCN(S(=O)(=O)c2c(Cl)cc(C(F)(F)F)cc2Cl)CC1)N1CCC(CCN2CCCC2)CC1. The summed E-state index contributed by atoms with van der Waals surface area (Å²) in [4.78, 5) is 1.98. The van der Waals surface area contributed by atoms with Crippen molar-refractivity contribution < 1.29 is 30.0 Å². The second-order valence-electron chi connectivity index (χ2n) is 11.3. The maximum absolute atomic E-state index is 13.1. The zero-order chi connectivity index (χ0) is 29.1. The molecule has 40 heavy (non-hydrogen) atoms. The lowest BCUT2D eigenvalue weighted by Crippen LogP contribution is -2.40. The second kappa shape index (κ2) is 13.3. The van der Waals surface area contributed by atoms with E-state index in [4.69, 9.17) is 23.2 Å². The highest BCUT2D eigenvalue weighted by Crippen LogP contribution is 2.39. The molecule has 228 valence electrons. The van der Waals surface area contributed by atoms with Gasteiger partial charge in [0.2, 0.25) is 20.0 Å². The maximum Gasteiger partial charge on any atom is 0.416 e. The van der Waals surface area contributed by atoms with Crippen LogP contribution in [0.5, 0.6) is 0 Å². The highest BCUT2D eigenvalue weighted by molar-refractivity contribution is 7.89. The van der Waals surface area contributed by atoms with E-state index >= 15 is 0 Å². The van der Waals surface area contributed by atoms with E-state index in [0.717, 1.165) is 25.8 Å². The molecule has 0 amide bonds. The molecule has 0 saturated carbocycles. The number of alkyl halides is 3. The summed E-state index contributed by atoms with van der Waals surface area (Å²) in [6, 6.07) is 1.15. The van der Waals surface area contributed by atoms with Crippen molar-refractivity contribution in [3.05, 3.63) is 27.7 Å². The van der Waals surface area contributed by atoms with Crippen LogP contribution in [0.15, 0.2) is 17.0 Å². The first-order valence-corrected chi connectivity index (χ1v) is 17.8. The first-order chi connectivity index (χ1) is 18.8. The number of sulfonamides is 2. The third-order valence-corrected chi connectivity index (χ3v) is 13.3. The Labute approximate surface area is 246 Å². The van der Waals surface area contributed by atoms with Gasteiger partial charge in [-0.3, -0.25) is 0 Å². The lowest BCUT2D eigenvalue weighted by molar-refractivity contribution is -0.137. The normalized spacial score (nSPS) is 21.8. The predicted octanol–water partition coefficient (Wildman–Crippen LogP) is 5.72. The van der Waals surface area contributed by atoms with Crippen LogP contribution in [0.1, 0.15) is 63.4 Å². The monoisotopic (exact) mass is 647 g/mol. The third kappa shape index (κ3) is 8.05. The Morgan fingerprint density at radius 1 is 0.775 bits per heavy atom. The lowest BCUT2D eigenvalue weighted by Gasteiger charge is -2.33. The van der Waals surface area contributed by atoms with E-state index < -0.39 is 46.7 Å². The number of rotatable bonds is 10. The molecule has 0 bridgehead atoms. The van der Waals surface area contributed by atoms with Crippen molar-refractivity contribution in [3.8, 4) is 0 Å². The Morgan fingerprint density at radius 2 is 1.27 bits per heavy atom. The summed E-state index contributed by atoms with van der Waals surface area (Å²) in [5.41, 5.74) is -1.11. The minimum absolute atomic E-state index is 0.0841. The molecule has 1 aromatic rings. The smallest absolute Gasteiger partial charge is 0.303 e. The molecular weight excluding hydrogens is 610 g/mol. The van der Waals surface area contributed by atoms with E-state index in [9.17, 15) is 30.0 Å². The summed E-state index contributed by atoms with van der Waals surface area (Å²) >= 11 is 11.9. The van der Waals surface area contributed by atoms with Gasteiger partial charge in [-0.2, -0.15) is 17.5 Å². The molecule has 3 aliphatic rings. The van der Waals surface area contributed by atoms with E-state index in [1.54, 1.807) is 4.31 Å². The maximum atomic E-state index is 13.1. The van der Waals surface area contributed by atoms with E-state index in [1.165, 1.54) is 30.2 Å². The van der Waals surface area contributed by atoms with Gasteiger partial charge in [0.1, 0.15) is 4.90 Å². The molecule has 3 fully saturated rings. The molecule has 0 radical (unpaired) electrons. The lowest BCUT2D eigenvalue weighted by atomic mass is 9.94. The minimum atomic E-state index is -4.70. The number of nitrogens with zero attached hydrogens (tertiary/aromatic N) is 3. The van der Waals surface area contributed by atoms with Crippen LogP contribution in [0.3, 0.4) is 0 Å². The van der Waals surface area contributed by atoms with Gasteiger partial charge in [-0.1, -0.05) is 23.2 Å². The molecular formula is C26H38Cl2F3N3O4S2. The molecule has 3 saturated heterocycles. The van der Waals surface area contributed by atoms with Crippen LogP contribution in [0.2, 0.25) is 10.0 Å². The number of piperidine rings is 2. The summed E-state index contributed by atoms with van der Waals surface area (Å²) in [5, 5.41) is -1.13. The average molecular weight is 649 g/mol. The van der Waals surface area contributed by atoms with Crippen LogP contribution in [0.25, 0.3) is 0 Å². The highest BCUT2D eigenvalue weighted by Gasteiger charge is 2.37. The van der Waals surface area contributed by atoms with Crippen LogP contribution in [-0.4, -0.2) is 81.9 Å². The van der Waals surface area contributed by atoms with Gasteiger partial charge in [-0.05, 0) is 101 Å². The molecule has 0 N–H and O–H groups in total. The summed E-state index contributed by atoms with van der Waals surface area (Å²) in [6.45, 7) is 4.98. The number of hydrogen-bond donors (Lipinski definition) is 0. The van der Waals surface area contributed by atoms with Gasteiger partial charge in [0.25, 0.3) is 0 Å². The summed E-state index contributed by atoms with van der Waals surface area (Å²) < 4.78 is 94.0. The molecule has 14 heteroatoms. The van der Waals surface area contributed by atoms with Gasteiger partial charge >= 0.3 is 6.18 Å². The number of benzene rings is 1. The van der Waals surface area contributed by atoms with E-state index in [1.807, 2.05) is 0 Å². The Kier molecular flexibility index (Phi) is 10.8. The minimum Gasteiger partial charge on any atom is -0.303 e. The van der Waals surface area contributed by atoms with Crippen LogP contribution >= 0.6 is 23.2 Å². The average Bonchev–Trinajstić information content (AvgIpc) is 3.41. The van der Waals surface area contributed by atoms with Crippen LogP contribution in [0, 0.1) is 11.8 Å². The van der Waals surface area contributed by atoms with Gasteiger partial charge in [0, 0.05) is 26.2 Å². The van der Waals surface area contributed by atoms with Crippen molar-refractivity contribution in [1.82, 2.24) is 13.5 Å². The summed E-state index contributed by atoms with van der Waals surface area (Å²) in [6.07, 6.45) is 3.04. The molecule has 0 spiro atoms. The summed E-state index contributed by atoms with van der Waals surface area (Å²) in [7, 11) is -7.51. The predicted molar refractivity (Wildman–Crippen MR) is 151 cm³/mol. The Morgan fingerprint density at radius 3 is 1.80 bits per heavy atom. The van der Waals surface area contributed by atoms with Crippen molar-refractivity contribution in [2.24, 2.45) is 11.8 Å². The van der Waals surface area contributed by atoms with Crippen molar-refractivity contribution in [3.63, 3.8) is 0 Å². The first kappa shape index (κ1) is 32.3. The van der Waals surface area contributed by atoms with E-state index in [2.05, 4.69) is 4.90 Å². The van der Waals surface area contributed by atoms with Crippen LogP contribution in [0.4, 0.5) is 13.2 Å². The fourth-order valence-corrected chi connectivity index (χ4v) is 10.3. The standard InChI is InChI=1S/C26H38Cl2F3N3O4S2/c27-23-18-22(26(29,30)31)19-24(28)25(23)40(37,38)34-15-8-20(9-16-34)4-3-17-39(35,36)33-13-6-21(7-14-33)5-12-32-10-1-2-11-32/h18-21H,1-17H2. The molecule has 4 rings (SSSR count). The molecule has 0 unspecified atom stereocenters. The van der Waals surface area contributed by atoms with Crippen LogP contribution < -0.4 is 0 Å². The highest BCUT2D eigenvalue weighted by atomic mass is 35.5. The number of likely N-dealkylation sites (tertiary alicyclic amines) is 1. The van der Waals surface area contributed by atoms with Crippen molar-refractivity contribution in [1.29, 1.82) is 0 Å². The van der Waals surface area contributed by atoms with Gasteiger partial charge in [-0.15, -0.1) is 0 Å². The van der Waals surface area contributed by atoms with E-state index in [-0.39, 0.29) is 24.8 Å².